The fourth-order valence-electron chi connectivity index (χ4n) is 2.03. The number of anilines is 1. The van der Waals surface area contributed by atoms with Crippen molar-refractivity contribution in [1.82, 2.24) is 0 Å². The van der Waals surface area contributed by atoms with Crippen LogP contribution in [0.5, 0.6) is 0 Å². The topological polar surface area (TPSA) is 55.8 Å². The highest BCUT2D eigenvalue weighted by Crippen LogP contribution is 2.29. The van der Waals surface area contributed by atoms with Gasteiger partial charge in [0.15, 0.2) is 0 Å². The molecule has 1 aliphatic heterocycles. The van der Waals surface area contributed by atoms with E-state index in [1.165, 1.54) is 43.5 Å². The average Bonchev–Trinajstić information content (AvgIpc) is 2.76. The van der Waals surface area contributed by atoms with E-state index in [9.17, 15) is 14.0 Å². The molecule has 120 valence electrons. The smallest absolute Gasteiger partial charge is 0.355 e. The van der Waals surface area contributed by atoms with Gasteiger partial charge in [0.2, 0.25) is 0 Å². The zero-order chi connectivity index (χ0) is 17.0. The maximum Gasteiger partial charge on any atom is 0.355 e. The Morgan fingerprint density at radius 1 is 1.13 bits per heavy atom. The maximum absolute atomic E-state index is 14.3. The van der Waals surface area contributed by atoms with E-state index in [0.717, 1.165) is 0 Å². The van der Waals surface area contributed by atoms with Gasteiger partial charge in [0.25, 0.3) is 0 Å². The van der Waals surface area contributed by atoms with E-state index in [1.807, 2.05) is 22.6 Å². The second-order valence-electron chi connectivity index (χ2n) is 4.41. The number of rotatable bonds is 3. The molecule has 1 heterocycles. The van der Waals surface area contributed by atoms with Gasteiger partial charge in [-0.2, -0.15) is 0 Å². The van der Waals surface area contributed by atoms with Crippen LogP contribution in [0.2, 0.25) is 0 Å². The van der Waals surface area contributed by atoms with Crippen molar-refractivity contribution in [3.63, 3.8) is 0 Å². The molecule has 0 radical (unpaired) electrons. The predicted molar refractivity (Wildman–Crippen MR) is 90.9 cm³/mol. The summed E-state index contributed by atoms with van der Waals surface area (Å²) in [6, 6.07) is 4.54. The van der Waals surface area contributed by atoms with Gasteiger partial charge in [-0.1, -0.05) is 6.08 Å². The summed E-state index contributed by atoms with van der Waals surface area (Å²) in [6.45, 7) is 0. The van der Waals surface area contributed by atoms with Crippen molar-refractivity contribution in [3.8, 4) is 0 Å². The van der Waals surface area contributed by atoms with Crippen molar-refractivity contribution in [2.24, 2.45) is 0 Å². The van der Waals surface area contributed by atoms with E-state index in [1.54, 1.807) is 18.2 Å². The molecule has 0 saturated carbocycles. The first-order valence-corrected chi connectivity index (χ1v) is 7.57. The number of hydrogen-bond acceptors (Lipinski definition) is 5. The van der Waals surface area contributed by atoms with Crippen LogP contribution in [0.3, 0.4) is 0 Å². The Hall–Kier alpha value is -2.16. The zero-order valence-corrected chi connectivity index (χ0v) is 14.5. The van der Waals surface area contributed by atoms with E-state index in [-0.39, 0.29) is 17.0 Å². The van der Waals surface area contributed by atoms with Gasteiger partial charge in [-0.05, 0) is 52.9 Å². The first-order valence-electron chi connectivity index (χ1n) is 6.49. The number of carbonyl (C=O) groups is 2. The van der Waals surface area contributed by atoms with Crippen molar-refractivity contribution in [2.45, 2.75) is 0 Å². The van der Waals surface area contributed by atoms with Crippen molar-refractivity contribution in [1.29, 1.82) is 0 Å². The molecule has 0 unspecified atom stereocenters. The Balaban J connectivity index is 2.68. The number of carbonyl (C=O) groups excluding carboxylic acids is 2. The molecule has 0 bridgehead atoms. The molecular formula is C16H13FINO4. The number of methoxy groups -OCH3 is 2. The Morgan fingerprint density at radius 3 is 2.43 bits per heavy atom. The Kier molecular flexibility index (Phi) is 5.54. The van der Waals surface area contributed by atoms with Crippen molar-refractivity contribution >= 4 is 40.2 Å². The second kappa shape index (κ2) is 7.40. The van der Waals surface area contributed by atoms with Crippen LogP contribution in [0.15, 0.2) is 53.9 Å². The average molecular weight is 429 g/mol. The fourth-order valence-corrected chi connectivity index (χ4v) is 2.48. The quantitative estimate of drug-likeness (QED) is 0.547. The van der Waals surface area contributed by atoms with Crippen LogP contribution >= 0.6 is 22.6 Å². The minimum absolute atomic E-state index is 0.0256. The molecule has 0 saturated heterocycles. The fraction of sp³-hybridized carbons (Fsp3) is 0.125. The minimum atomic E-state index is -0.778. The number of esters is 2. The Bertz CT molecular complexity index is 740. The third-order valence-corrected chi connectivity index (χ3v) is 3.73. The van der Waals surface area contributed by atoms with Gasteiger partial charge in [-0.3, -0.25) is 0 Å². The normalized spacial score (nSPS) is 13.8. The van der Waals surface area contributed by atoms with E-state index in [4.69, 9.17) is 9.47 Å². The standard InChI is InChI=1S/C16H13FINO4/c1-22-15(20)11-5-3-4-8-19(14(11)16(21)23-2)13-7-6-10(18)9-12(13)17/h3-9H,1-2H3. The summed E-state index contributed by atoms with van der Waals surface area (Å²) in [5.41, 5.74) is -0.0288. The van der Waals surface area contributed by atoms with Gasteiger partial charge in [0.05, 0.1) is 25.5 Å². The summed E-state index contributed by atoms with van der Waals surface area (Å²) >= 11 is 1.98. The van der Waals surface area contributed by atoms with E-state index in [2.05, 4.69) is 0 Å². The summed E-state index contributed by atoms with van der Waals surface area (Å²) in [6.07, 6.45) is 6.03. The molecule has 0 fully saturated rings. The summed E-state index contributed by atoms with van der Waals surface area (Å²) in [5.74, 6) is -2.03. The zero-order valence-electron chi connectivity index (χ0n) is 12.4. The van der Waals surface area contributed by atoms with Gasteiger partial charge < -0.3 is 14.4 Å². The maximum atomic E-state index is 14.3. The van der Waals surface area contributed by atoms with Crippen LogP contribution in [-0.4, -0.2) is 26.2 Å². The minimum Gasteiger partial charge on any atom is -0.465 e. The van der Waals surface area contributed by atoms with E-state index in [0.29, 0.717) is 3.57 Å². The lowest BCUT2D eigenvalue weighted by atomic mass is 10.1. The molecule has 0 spiro atoms. The molecule has 2 rings (SSSR count). The Morgan fingerprint density at radius 2 is 1.83 bits per heavy atom. The molecule has 0 N–H and O–H groups in total. The molecule has 0 atom stereocenters. The molecule has 7 heteroatoms. The third-order valence-electron chi connectivity index (χ3n) is 3.06. The van der Waals surface area contributed by atoms with Crippen molar-refractivity contribution < 1.29 is 23.5 Å². The van der Waals surface area contributed by atoms with E-state index >= 15 is 0 Å². The van der Waals surface area contributed by atoms with Crippen molar-refractivity contribution in [2.75, 3.05) is 19.1 Å². The number of hydrogen-bond donors (Lipinski definition) is 0. The van der Waals surface area contributed by atoms with E-state index < -0.39 is 17.8 Å². The number of nitrogens with zero attached hydrogens (tertiary/aromatic N) is 1. The van der Waals surface area contributed by atoms with Gasteiger partial charge in [0.1, 0.15) is 11.5 Å². The van der Waals surface area contributed by atoms with Crippen molar-refractivity contribution in [3.05, 3.63) is 63.3 Å². The first-order chi connectivity index (χ1) is 11.0. The summed E-state index contributed by atoms with van der Waals surface area (Å²) in [7, 11) is 2.39. The summed E-state index contributed by atoms with van der Waals surface area (Å²) in [5, 5.41) is 0. The molecule has 5 nitrogen and oxygen atoms in total. The molecule has 1 aromatic carbocycles. The monoisotopic (exact) mass is 429 g/mol. The third kappa shape index (κ3) is 3.61. The highest BCUT2D eigenvalue weighted by Gasteiger charge is 2.28. The van der Waals surface area contributed by atoms with Gasteiger partial charge in [0, 0.05) is 9.77 Å². The van der Waals surface area contributed by atoms with Crippen LogP contribution in [0, 0.1) is 9.39 Å². The number of ether oxygens (including phenoxy) is 2. The highest BCUT2D eigenvalue weighted by atomic mass is 127. The van der Waals surface area contributed by atoms with Crippen LogP contribution in [0.4, 0.5) is 10.1 Å². The molecule has 23 heavy (non-hydrogen) atoms. The number of halogens is 2. The van der Waals surface area contributed by atoms with Crippen LogP contribution in [-0.2, 0) is 19.1 Å². The van der Waals surface area contributed by atoms with Gasteiger partial charge in [-0.15, -0.1) is 0 Å². The molecule has 1 aliphatic rings. The van der Waals surface area contributed by atoms with Gasteiger partial charge >= 0.3 is 11.9 Å². The van der Waals surface area contributed by atoms with Crippen LogP contribution < -0.4 is 4.90 Å². The summed E-state index contributed by atoms with van der Waals surface area (Å²) < 4.78 is 24.5. The Labute approximate surface area is 146 Å². The largest absolute Gasteiger partial charge is 0.465 e. The SMILES string of the molecule is COC(=O)C1=C(C(=O)OC)N(c2ccc(I)cc2F)C=CC=C1. The molecule has 0 aliphatic carbocycles. The lowest BCUT2D eigenvalue weighted by Gasteiger charge is -2.23. The number of allylic oxidation sites excluding steroid dienone is 2. The lowest BCUT2D eigenvalue weighted by molar-refractivity contribution is -0.139. The molecule has 0 amide bonds. The predicted octanol–water partition coefficient (Wildman–Crippen LogP) is 2.92. The van der Waals surface area contributed by atoms with Gasteiger partial charge in [-0.25, -0.2) is 14.0 Å². The lowest BCUT2D eigenvalue weighted by Crippen LogP contribution is -2.27. The summed E-state index contributed by atoms with van der Waals surface area (Å²) in [4.78, 5) is 25.4. The second-order valence-corrected chi connectivity index (χ2v) is 5.66. The van der Waals surface area contributed by atoms with Crippen LogP contribution in [0.25, 0.3) is 0 Å². The highest BCUT2D eigenvalue weighted by molar-refractivity contribution is 14.1. The number of benzene rings is 1. The molecule has 0 aromatic heterocycles. The molecular weight excluding hydrogens is 416 g/mol. The first kappa shape index (κ1) is 17.2. The van der Waals surface area contributed by atoms with Crippen LogP contribution in [0.1, 0.15) is 0 Å². The molecule has 1 aromatic rings.